The number of carbonyl (C=O) groups is 1. The van der Waals surface area contributed by atoms with Crippen LogP contribution in [0.15, 0.2) is 47.4 Å². The van der Waals surface area contributed by atoms with Gasteiger partial charge in [-0.25, -0.2) is 4.79 Å². The van der Waals surface area contributed by atoms with E-state index in [1.54, 1.807) is 12.1 Å². The highest BCUT2D eigenvalue weighted by Crippen LogP contribution is 2.16. The molecule has 0 saturated carbocycles. The van der Waals surface area contributed by atoms with Gasteiger partial charge in [-0.05, 0) is 43.9 Å². The standard InChI is InChI=1S/C19H23NO4/c1-3-13-24-17-5-4-12-20(18(17)21)16(19(22)23)11-10-15-8-6-14(2)7-9-15/h4-9,12,16H,3,10-11,13H2,1-2H3,(H,22,23). The highest BCUT2D eigenvalue weighted by Gasteiger charge is 2.21. The Morgan fingerprint density at radius 1 is 1.25 bits per heavy atom. The van der Waals surface area contributed by atoms with Crippen molar-refractivity contribution in [3.63, 3.8) is 0 Å². The molecule has 2 rings (SSSR count). The van der Waals surface area contributed by atoms with E-state index in [4.69, 9.17) is 4.74 Å². The first-order valence-electron chi connectivity index (χ1n) is 8.15. The number of rotatable bonds is 8. The van der Waals surface area contributed by atoms with E-state index in [1.807, 2.05) is 38.1 Å². The van der Waals surface area contributed by atoms with Gasteiger partial charge in [0.05, 0.1) is 6.61 Å². The minimum absolute atomic E-state index is 0.195. The summed E-state index contributed by atoms with van der Waals surface area (Å²) in [5.41, 5.74) is 1.81. The first-order chi connectivity index (χ1) is 11.5. The van der Waals surface area contributed by atoms with E-state index in [-0.39, 0.29) is 5.75 Å². The molecular formula is C19H23NO4. The Labute approximate surface area is 141 Å². The lowest BCUT2D eigenvalue weighted by Crippen LogP contribution is -2.30. The molecule has 0 aliphatic rings. The zero-order chi connectivity index (χ0) is 17.5. The average molecular weight is 329 g/mol. The zero-order valence-electron chi connectivity index (χ0n) is 14.1. The maximum Gasteiger partial charge on any atom is 0.326 e. The van der Waals surface area contributed by atoms with Crippen molar-refractivity contribution in [3.8, 4) is 5.75 Å². The molecule has 1 heterocycles. The molecule has 0 aliphatic heterocycles. The molecule has 1 aromatic heterocycles. The average Bonchev–Trinajstić information content (AvgIpc) is 2.56. The topological polar surface area (TPSA) is 68.5 Å². The largest absolute Gasteiger partial charge is 0.488 e. The Kier molecular flexibility index (Phi) is 6.18. The van der Waals surface area contributed by atoms with Crippen LogP contribution in [0.1, 0.15) is 36.9 Å². The molecule has 24 heavy (non-hydrogen) atoms. The summed E-state index contributed by atoms with van der Waals surface area (Å²) in [5, 5.41) is 9.54. The summed E-state index contributed by atoms with van der Waals surface area (Å²) in [6.45, 7) is 4.38. The fraction of sp³-hybridized carbons (Fsp3) is 0.368. The van der Waals surface area contributed by atoms with Crippen LogP contribution in [0.3, 0.4) is 0 Å². The lowest BCUT2D eigenvalue weighted by molar-refractivity contribution is -0.141. The van der Waals surface area contributed by atoms with Crippen molar-refractivity contribution in [1.29, 1.82) is 0 Å². The maximum atomic E-state index is 12.5. The zero-order valence-corrected chi connectivity index (χ0v) is 14.1. The van der Waals surface area contributed by atoms with Crippen LogP contribution in [-0.2, 0) is 11.2 Å². The third-order valence-corrected chi connectivity index (χ3v) is 3.85. The van der Waals surface area contributed by atoms with Crippen molar-refractivity contribution in [1.82, 2.24) is 4.57 Å². The first kappa shape index (κ1) is 17.8. The third kappa shape index (κ3) is 4.47. The lowest BCUT2D eigenvalue weighted by atomic mass is 10.0. The molecule has 2 aromatic rings. The molecule has 1 N–H and O–H groups in total. The first-order valence-corrected chi connectivity index (χ1v) is 8.15. The fourth-order valence-corrected chi connectivity index (χ4v) is 2.50. The Hall–Kier alpha value is -2.56. The lowest BCUT2D eigenvalue weighted by Gasteiger charge is -2.17. The minimum atomic E-state index is -1.02. The van der Waals surface area contributed by atoms with Gasteiger partial charge >= 0.3 is 5.97 Å². The van der Waals surface area contributed by atoms with Crippen molar-refractivity contribution in [3.05, 3.63) is 64.1 Å². The summed E-state index contributed by atoms with van der Waals surface area (Å²) in [5.74, 6) is -0.821. The van der Waals surface area contributed by atoms with Gasteiger partial charge in [0.25, 0.3) is 5.56 Å². The molecule has 0 amide bonds. The number of aromatic nitrogens is 1. The number of aryl methyl sites for hydroxylation is 2. The molecule has 5 heteroatoms. The number of benzene rings is 1. The normalized spacial score (nSPS) is 11.9. The molecule has 0 bridgehead atoms. The number of nitrogens with zero attached hydrogens (tertiary/aromatic N) is 1. The Morgan fingerprint density at radius 2 is 1.96 bits per heavy atom. The molecule has 0 fully saturated rings. The molecule has 128 valence electrons. The summed E-state index contributed by atoms with van der Waals surface area (Å²) in [7, 11) is 0. The predicted molar refractivity (Wildman–Crippen MR) is 92.7 cm³/mol. The number of carboxylic acid groups (broad SMARTS) is 1. The number of carboxylic acids is 1. The van der Waals surface area contributed by atoms with Gasteiger partial charge in [-0.3, -0.25) is 9.36 Å². The van der Waals surface area contributed by atoms with Gasteiger partial charge in [0, 0.05) is 6.20 Å². The molecular weight excluding hydrogens is 306 g/mol. The minimum Gasteiger partial charge on any atom is -0.488 e. The van der Waals surface area contributed by atoms with Crippen molar-refractivity contribution < 1.29 is 14.6 Å². The van der Waals surface area contributed by atoms with Gasteiger partial charge in [0.2, 0.25) is 0 Å². The second-order valence-corrected chi connectivity index (χ2v) is 5.81. The molecule has 0 saturated heterocycles. The summed E-state index contributed by atoms with van der Waals surface area (Å²) in [4.78, 5) is 24.1. The van der Waals surface area contributed by atoms with E-state index < -0.39 is 17.6 Å². The fourth-order valence-electron chi connectivity index (χ4n) is 2.50. The predicted octanol–water partition coefficient (Wildman–Crippen LogP) is 3.20. The third-order valence-electron chi connectivity index (χ3n) is 3.85. The Bertz CT molecular complexity index is 734. The van der Waals surface area contributed by atoms with Crippen LogP contribution in [0.5, 0.6) is 5.75 Å². The molecule has 1 unspecified atom stereocenters. The van der Waals surface area contributed by atoms with Crippen LogP contribution < -0.4 is 10.3 Å². The van der Waals surface area contributed by atoms with Crippen molar-refractivity contribution in [2.24, 2.45) is 0 Å². The van der Waals surface area contributed by atoms with Crippen molar-refractivity contribution in [2.75, 3.05) is 6.61 Å². The summed E-state index contributed by atoms with van der Waals surface area (Å²) < 4.78 is 6.66. The molecule has 1 atom stereocenters. The Morgan fingerprint density at radius 3 is 2.58 bits per heavy atom. The van der Waals surface area contributed by atoms with Crippen LogP contribution in [0.4, 0.5) is 0 Å². The smallest absolute Gasteiger partial charge is 0.326 e. The number of aliphatic carboxylic acids is 1. The van der Waals surface area contributed by atoms with Crippen LogP contribution >= 0.6 is 0 Å². The highest BCUT2D eigenvalue weighted by molar-refractivity contribution is 5.71. The molecule has 0 aliphatic carbocycles. The Balaban J connectivity index is 2.19. The van der Waals surface area contributed by atoms with Crippen LogP contribution in [0.2, 0.25) is 0 Å². The maximum absolute atomic E-state index is 12.5. The van der Waals surface area contributed by atoms with E-state index >= 15 is 0 Å². The van der Waals surface area contributed by atoms with Gasteiger partial charge in [0.15, 0.2) is 5.75 Å². The van der Waals surface area contributed by atoms with E-state index in [2.05, 4.69) is 0 Å². The van der Waals surface area contributed by atoms with Gasteiger partial charge in [0.1, 0.15) is 6.04 Å². The van der Waals surface area contributed by atoms with Gasteiger partial charge in [-0.1, -0.05) is 36.8 Å². The number of hydrogen-bond acceptors (Lipinski definition) is 3. The quantitative estimate of drug-likeness (QED) is 0.807. The second kappa shape index (κ2) is 8.34. The number of hydrogen-bond donors (Lipinski definition) is 1. The summed E-state index contributed by atoms with van der Waals surface area (Å²) >= 11 is 0. The molecule has 1 aromatic carbocycles. The monoisotopic (exact) mass is 329 g/mol. The number of pyridine rings is 1. The van der Waals surface area contributed by atoms with Crippen molar-refractivity contribution in [2.45, 2.75) is 39.2 Å². The molecule has 0 radical (unpaired) electrons. The van der Waals surface area contributed by atoms with E-state index in [9.17, 15) is 14.7 Å². The van der Waals surface area contributed by atoms with E-state index in [0.717, 1.165) is 17.5 Å². The summed E-state index contributed by atoms with van der Waals surface area (Å²) in [6, 6.07) is 10.3. The SMILES string of the molecule is CCCOc1cccn(C(CCc2ccc(C)cc2)C(=O)O)c1=O. The highest BCUT2D eigenvalue weighted by atomic mass is 16.5. The van der Waals surface area contributed by atoms with E-state index in [0.29, 0.717) is 19.4 Å². The van der Waals surface area contributed by atoms with Gasteiger partial charge in [-0.15, -0.1) is 0 Å². The summed E-state index contributed by atoms with van der Waals surface area (Å²) in [6.07, 6.45) is 3.22. The molecule has 5 nitrogen and oxygen atoms in total. The second-order valence-electron chi connectivity index (χ2n) is 5.81. The van der Waals surface area contributed by atoms with E-state index in [1.165, 1.54) is 10.8 Å². The number of ether oxygens (including phenoxy) is 1. The van der Waals surface area contributed by atoms with Crippen LogP contribution in [-0.4, -0.2) is 22.2 Å². The van der Waals surface area contributed by atoms with Crippen LogP contribution in [0.25, 0.3) is 0 Å². The van der Waals surface area contributed by atoms with Crippen LogP contribution in [0, 0.1) is 6.92 Å². The van der Waals surface area contributed by atoms with Crippen molar-refractivity contribution >= 4 is 5.97 Å². The van der Waals surface area contributed by atoms with Gasteiger partial charge < -0.3 is 9.84 Å². The van der Waals surface area contributed by atoms with Gasteiger partial charge in [-0.2, -0.15) is 0 Å². The molecule has 0 spiro atoms.